The zero-order valence-electron chi connectivity index (χ0n) is 12.9. The lowest BCUT2D eigenvalue weighted by molar-refractivity contribution is -0.140. The Morgan fingerprint density at radius 1 is 1.21 bits per heavy atom. The third kappa shape index (κ3) is 3.57. The molecule has 3 nitrogen and oxygen atoms in total. The van der Waals surface area contributed by atoms with Crippen LogP contribution in [-0.4, -0.2) is 20.1 Å². The van der Waals surface area contributed by atoms with E-state index in [0.29, 0.717) is 6.42 Å². The van der Waals surface area contributed by atoms with Crippen LogP contribution >= 0.6 is 0 Å². The average molecular weight is 263 g/mol. The van der Waals surface area contributed by atoms with Gasteiger partial charge in [-0.25, -0.2) is 0 Å². The highest BCUT2D eigenvalue weighted by Crippen LogP contribution is 2.29. The Labute approximate surface area is 116 Å². The quantitative estimate of drug-likeness (QED) is 0.829. The molecule has 0 bridgehead atoms. The van der Waals surface area contributed by atoms with E-state index in [1.807, 2.05) is 7.05 Å². The molecule has 0 saturated heterocycles. The van der Waals surface area contributed by atoms with Crippen molar-refractivity contribution in [3.63, 3.8) is 0 Å². The number of carbonyl (C=O) groups is 1. The number of rotatable bonds is 5. The molecule has 0 aliphatic heterocycles. The standard InChI is InChI=1S/C16H25NO2/c1-10-9-11(2)13(4)16(12(10)3)14(17-5)7-8-15(18)19-6/h9,14,17H,7-8H2,1-6H3. The van der Waals surface area contributed by atoms with E-state index in [9.17, 15) is 4.79 Å². The van der Waals surface area contributed by atoms with Crippen LogP contribution in [0.15, 0.2) is 6.07 Å². The van der Waals surface area contributed by atoms with E-state index >= 15 is 0 Å². The predicted octanol–water partition coefficient (Wildman–Crippen LogP) is 3.13. The van der Waals surface area contributed by atoms with Crippen LogP contribution in [-0.2, 0) is 9.53 Å². The molecule has 0 heterocycles. The molecule has 19 heavy (non-hydrogen) atoms. The summed E-state index contributed by atoms with van der Waals surface area (Å²) in [6.07, 6.45) is 1.20. The van der Waals surface area contributed by atoms with Gasteiger partial charge >= 0.3 is 5.97 Å². The van der Waals surface area contributed by atoms with Gasteiger partial charge in [0.1, 0.15) is 0 Å². The first kappa shape index (κ1) is 15.7. The molecule has 0 aliphatic rings. The summed E-state index contributed by atoms with van der Waals surface area (Å²) in [5.41, 5.74) is 6.55. The summed E-state index contributed by atoms with van der Waals surface area (Å²) >= 11 is 0. The molecular weight excluding hydrogens is 238 g/mol. The van der Waals surface area contributed by atoms with Crippen LogP contribution in [0.3, 0.4) is 0 Å². The molecule has 0 spiro atoms. The molecule has 1 atom stereocenters. The Kier molecular flexibility index (Phi) is 5.55. The van der Waals surface area contributed by atoms with Gasteiger partial charge < -0.3 is 10.1 Å². The molecule has 0 saturated carbocycles. The second-order valence-electron chi connectivity index (χ2n) is 5.13. The van der Waals surface area contributed by atoms with E-state index in [4.69, 9.17) is 4.74 Å². The van der Waals surface area contributed by atoms with Crippen LogP contribution in [0.25, 0.3) is 0 Å². The molecule has 106 valence electrons. The topological polar surface area (TPSA) is 38.3 Å². The first-order chi connectivity index (χ1) is 8.92. The smallest absolute Gasteiger partial charge is 0.305 e. The molecule has 1 unspecified atom stereocenters. The second-order valence-corrected chi connectivity index (χ2v) is 5.13. The highest BCUT2D eigenvalue weighted by atomic mass is 16.5. The van der Waals surface area contributed by atoms with E-state index < -0.39 is 0 Å². The van der Waals surface area contributed by atoms with Crippen molar-refractivity contribution in [3.05, 3.63) is 33.9 Å². The number of carbonyl (C=O) groups excluding carboxylic acids is 1. The highest BCUT2D eigenvalue weighted by molar-refractivity contribution is 5.69. The number of hydrogen-bond acceptors (Lipinski definition) is 3. The summed E-state index contributed by atoms with van der Waals surface area (Å²) in [6.45, 7) is 8.58. The van der Waals surface area contributed by atoms with E-state index in [1.54, 1.807) is 0 Å². The Morgan fingerprint density at radius 2 is 1.74 bits per heavy atom. The number of nitrogens with one attached hydrogen (secondary N) is 1. The summed E-state index contributed by atoms with van der Waals surface area (Å²) in [5.74, 6) is -0.153. The van der Waals surface area contributed by atoms with Crippen LogP contribution in [0, 0.1) is 27.7 Å². The molecule has 0 aromatic heterocycles. The van der Waals surface area contributed by atoms with Crippen molar-refractivity contribution in [2.24, 2.45) is 0 Å². The van der Waals surface area contributed by atoms with E-state index in [0.717, 1.165) is 6.42 Å². The lowest BCUT2D eigenvalue weighted by Gasteiger charge is -2.23. The SMILES string of the molecule is CNC(CCC(=O)OC)c1c(C)c(C)cc(C)c1C. The van der Waals surface area contributed by atoms with Crippen LogP contribution < -0.4 is 5.32 Å². The maximum Gasteiger partial charge on any atom is 0.305 e. The molecule has 1 aromatic carbocycles. The van der Waals surface area contributed by atoms with Crippen molar-refractivity contribution in [2.45, 2.75) is 46.6 Å². The van der Waals surface area contributed by atoms with Gasteiger partial charge in [0.25, 0.3) is 0 Å². The van der Waals surface area contributed by atoms with E-state index in [1.165, 1.54) is 34.9 Å². The van der Waals surface area contributed by atoms with Crippen LogP contribution in [0.1, 0.15) is 46.7 Å². The van der Waals surface area contributed by atoms with Crippen LogP contribution in [0.4, 0.5) is 0 Å². The van der Waals surface area contributed by atoms with E-state index in [-0.39, 0.29) is 12.0 Å². The number of benzene rings is 1. The van der Waals surface area contributed by atoms with Crippen molar-refractivity contribution in [1.82, 2.24) is 5.32 Å². The number of hydrogen-bond donors (Lipinski definition) is 1. The van der Waals surface area contributed by atoms with Crippen molar-refractivity contribution in [1.29, 1.82) is 0 Å². The number of methoxy groups -OCH3 is 1. The second kappa shape index (κ2) is 6.71. The molecule has 1 aromatic rings. The molecule has 0 fully saturated rings. The van der Waals surface area contributed by atoms with Crippen molar-refractivity contribution in [2.75, 3.05) is 14.2 Å². The minimum atomic E-state index is -0.153. The molecule has 1 rings (SSSR count). The summed E-state index contributed by atoms with van der Waals surface area (Å²) in [7, 11) is 3.38. The third-order valence-corrected chi connectivity index (χ3v) is 3.99. The van der Waals surface area contributed by atoms with Gasteiger partial charge in [-0.1, -0.05) is 6.07 Å². The Bertz CT molecular complexity index is 440. The fourth-order valence-electron chi connectivity index (χ4n) is 2.57. The number of esters is 1. The normalized spacial score (nSPS) is 12.3. The maximum absolute atomic E-state index is 11.3. The Hall–Kier alpha value is -1.35. The number of ether oxygens (including phenoxy) is 1. The lowest BCUT2D eigenvalue weighted by Crippen LogP contribution is -2.21. The summed E-state index contributed by atoms with van der Waals surface area (Å²) in [5, 5.41) is 3.33. The van der Waals surface area contributed by atoms with Gasteiger partial charge in [0, 0.05) is 12.5 Å². The molecule has 3 heteroatoms. The predicted molar refractivity (Wildman–Crippen MR) is 78.4 cm³/mol. The monoisotopic (exact) mass is 263 g/mol. The van der Waals surface area contributed by atoms with Crippen molar-refractivity contribution in [3.8, 4) is 0 Å². The fourth-order valence-corrected chi connectivity index (χ4v) is 2.57. The van der Waals surface area contributed by atoms with Gasteiger partial charge in [0.2, 0.25) is 0 Å². The zero-order chi connectivity index (χ0) is 14.6. The molecule has 0 radical (unpaired) electrons. The van der Waals surface area contributed by atoms with E-state index in [2.05, 4.69) is 39.1 Å². The van der Waals surface area contributed by atoms with Gasteiger partial charge in [0.15, 0.2) is 0 Å². The van der Waals surface area contributed by atoms with Crippen molar-refractivity contribution >= 4 is 5.97 Å². The zero-order valence-corrected chi connectivity index (χ0v) is 12.9. The van der Waals surface area contributed by atoms with Crippen LogP contribution in [0.2, 0.25) is 0 Å². The minimum absolute atomic E-state index is 0.153. The van der Waals surface area contributed by atoms with Gasteiger partial charge in [0.05, 0.1) is 7.11 Å². The summed E-state index contributed by atoms with van der Waals surface area (Å²) in [6, 6.07) is 2.42. The first-order valence-corrected chi connectivity index (χ1v) is 6.73. The Balaban J connectivity index is 3.07. The Morgan fingerprint density at radius 3 is 2.16 bits per heavy atom. The highest BCUT2D eigenvalue weighted by Gasteiger charge is 2.18. The minimum Gasteiger partial charge on any atom is -0.469 e. The third-order valence-electron chi connectivity index (χ3n) is 3.99. The van der Waals surface area contributed by atoms with Crippen LogP contribution in [0.5, 0.6) is 0 Å². The largest absolute Gasteiger partial charge is 0.469 e. The molecule has 0 amide bonds. The summed E-state index contributed by atoms with van der Waals surface area (Å²) in [4.78, 5) is 11.3. The fraction of sp³-hybridized carbons (Fsp3) is 0.562. The van der Waals surface area contributed by atoms with Gasteiger partial charge in [-0.2, -0.15) is 0 Å². The van der Waals surface area contributed by atoms with Gasteiger partial charge in [-0.05, 0) is 69.0 Å². The maximum atomic E-state index is 11.3. The molecule has 1 N–H and O–H groups in total. The first-order valence-electron chi connectivity index (χ1n) is 6.73. The van der Waals surface area contributed by atoms with Crippen molar-refractivity contribution < 1.29 is 9.53 Å². The molecular formula is C16H25NO2. The lowest BCUT2D eigenvalue weighted by atomic mass is 9.88. The van der Waals surface area contributed by atoms with Gasteiger partial charge in [-0.15, -0.1) is 0 Å². The number of aryl methyl sites for hydroxylation is 2. The molecule has 0 aliphatic carbocycles. The van der Waals surface area contributed by atoms with Gasteiger partial charge in [-0.3, -0.25) is 4.79 Å². The average Bonchev–Trinajstić information content (AvgIpc) is 2.39. The summed E-state index contributed by atoms with van der Waals surface area (Å²) < 4.78 is 4.72.